The zero-order valence-electron chi connectivity index (χ0n) is 8.31. The molecule has 1 N–H and O–H groups in total. The van der Waals surface area contributed by atoms with Crippen LogP contribution in [0.5, 0.6) is 0 Å². The molecule has 0 aromatic heterocycles. The van der Waals surface area contributed by atoms with Crippen LogP contribution in [0.25, 0.3) is 0 Å². The minimum atomic E-state index is 0.708. The van der Waals surface area contributed by atoms with Gasteiger partial charge in [0.2, 0.25) is 0 Å². The third kappa shape index (κ3) is 3.81. The average molecular weight is 187 g/mol. The minimum Gasteiger partial charge on any atom is -0.317 e. The van der Waals surface area contributed by atoms with E-state index in [1.54, 1.807) is 0 Å². The number of nitrogens with one attached hydrogen (secondary N) is 1. The molecule has 0 aliphatic carbocycles. The van der Waals surface area contributed by atoms with Gasteiger partial charge >= 0.3 is 0 Å². The van der Waals surface area contributed by atoms with E-state index in [0.717, 1.165) is 5.92 Å². The lowest BCUT2D eigenvalue weighted by atomic mass is 9.95. The Bertz CT molecular complexity index is 110. The normalized spacial score (nSPS) is 22.5. The van der Waals surface area contributed by atoms with Gasteiger partial charge in [-0.15, -0.1) is 0 Å². The Labute approximate surface area is 80.7 Å². The van der Waals surface area contributed by atoms with E-state index in [4.69, 9.17) is 0 Å². The third-order valence-corrected chi connectivity index (χ3v) is 3.89. The van der Waals surface area contributed by atoms with Crippen LogP contribution in [0.1, 0.15) is 32.6 Å². The molecule has 1 heterocycles. The van der Waals surface area contributed by atoms with Crippen molar-refractivity contribution in [3.63, 3.8) is 0 Å². The Morgan fingerprint density at radius 1 is 1.42 bits per heavy atom. The van der Waals surface area contributed by atoms with E-state index < -0.39 is 0 Å². The molecule has 1 aliphatic heterocycles. The molecule has 12 heavy (non-hydrogen) atoms. The molecule has 72 valence electrons. The molecule has 0 amide bonds. The average Bonchev–Trinajstić information content (AvgIpc) is 2.16. The first-order chi connectivity index (χ1) is 5.83. The van der Waals surface area contributed by atoms with E-state index in [9.17, 15) is 0 Å². The van der Waals surface area contributed by atoms with Crippen LogP contribution in [-0.4, -0.2) is 24.6 Å². The van der Waals surface area contributed by atoms with Crippen LogP contribution in [0.15, 0.2) is 0 Å². The van der Waals surface area contributed by atoms with Gasteiger partial charge < -0.3 is 5.32 Å². The number of thioether (sulfide) groups is 1. The SMILES string of the molecule is CNC(C)CCC1CCSCC1. The van der Waals surface area contributed by atoms with Gasteiger partial charge in [-0.1, -0.05) is 0 Å². The van der Waals surface area contributed by atoms with Crippen molar-refractivity contribution in [2.24, 2.45) is 5.92 Å². The molecule has 0 saturated carbocycles. The molecule has 2 heteroatoms. The summed E-state index contributed by atoms with van der Waals surface area (Å²) in [7, 11) is 2.06. The van der Waals surface area contributed by atoms with Crippen LogP contribution in [0, 0.1) is 5.92 Å². The Morgan fingerprint density at radius 3 is 2.67 bits per heavy atom. The molecule has 0 aromatic carbocycles. The Kier molecular flexibility index (Phi) is 5.08. The molecular weight excluding hydrogens is 166 g/mol. The Morgan fingerprint density at radius 2 is 2.08 bits per heavy atom. The van der Waals surface area contributed by atoms with Crippen molar-refractivity contribution in [3.8, 4) is 0 Å². The molecule has 1 saturated heterocycles. The van der Waals surface area contributed by atoms with Gasteiger partial charge in [0, 0.05) is 6.04 Å². The van der Waals surface area contributed by atoms with Crippen molar-refractivity contribution < 1.29 is 0 Å². The van der Waals surface area contributed by atoms with Gasteiger partial charge in [-0.2, -0.15) is 11.8 Å². The van der Waals surface area contributed by atoms with Crippen LogP contribution in [0.4, 0.5) is 0 Å². The summed E-state index contributed by atoms with van der Waals surface area (Å²) in [6.07, 6.45) is 5.70. The Hall–Kier alpha value is 0.310. The van der Waals surface area contributed by atoms with E-state index in [1.807, 2.05) is 0 Å². The summed E-state index contributed by atoms with van der Waals surface area (Å²) in [6, 6.07) is 0.708. The molecule has 0 radical (unpaired) electrons. The lowest BCUT2D eigenvalue weighted by Crippen LogP contribution is -2.22. The maximum atomic E-state index is 3.30. The highest BCUT2D eigenvalue weighted by Gasteiger charge is 2.13. The van der Waals surface area contributed by atoms with E-state index in [2.05, 4.69) is 31.1 Å². The van der Waals surface area contributed by atoms with E-state index >= 15 is 0 Å². The minimum absolute atomic E-state index is 0.708. The molecule has 1 fully saturated rings. The van der Waals surface area contributed by atoms with E-state index in [-0.39, 0.29) is 0 Å². The molecule has 1 atom stereocenters. The van der Waals surface area contributed by atoms with Gasteiger partial charge in [0.15, 0.2) is 0 Å². The molecule has 0 aromatic rings. The van der Waals surface area contributed by atoms with Gasteiger partial charge in [-0.3, -0.25) is 0 Å². The number of rotatable bonds is 4. The smallest absolute Gasteiger partial charge is 0.00358 e. The van der Waals surface area contributed by atoms with Crippen LogP contribution >= 0.6 is 11.8 Å². The predicted molar refractivity (Wildman–Crippen MR) is 57.8 cm³/mol. The molecular formula is C10H21NS. The van der Waals surface area contributed by atoms with E-state index in [1.165, 1.54) is 37.2 Å². The first-order valence-electron chi connectivity index (χ1n) is 5.08. The summed E-state index contributed by atoms with van der Waals surface area (Å²) in [6.45, 7) is 2.28. The van der Waals surface area contributed by atoms with Crippen molar-refractivity contribution in [3.05, 3.63) is 0 Å². The van der Waals surface area contributed by atoms with Crippen molar-refractivity contribution in [2.75, 3.05) is 18.6 Å². The summed E-state index contributed by atoms with van der Waals surface area (Å²) in [5.41, 5.74) is 0. The standard InChI is InChI=1S/C10H21NS/c1-9(11-2)3-4-10-5-7-12-8-6-10/h9-11H,3-8H2,1-2H3. The topological polar surface area (TPSA) is 12.0 Å². The maximum absolute atomic E-state index is 3.30. The highest BCUT2D eigenvalue weighted by Crippen LogP contribution is 2.26. The molecule has 1 unspecified atom stereocenters. The van der Waals surface area contributed by atoms with Crippen molar-refractivity contribution in [1.29, 1.82) is 0 Å². The van der Waals surface area contributed by atoms with Gasteiger partial charge in [-0.05, 0) is 57.1 Å². The monoisotopic (exact) mass is 187 g/mol. The number of hydrogen-bond donors (Lipinski definition) is 1. The fourth-order valence-electron chi connectivity index (χ4n) is 1.67. The van der Waals surface area contributed by atoms with E-state index in [0.29, 0.717) is 6.04 Å². The highest BCUT2D eigenvalue weighted by atomic mass is 32.2. The zero-order valence-corrected chi connectivity index (χ0v) is 9.12. The quantitative estimate of drug-likeness (QED) is 0.726. The summed E-state index contributed by atoms with van der Waals surface area (Å²) < 4.78 is 0. The summed E-state index contributed by atoms with van der Waals surface area (Å²) in [4.78, 5) is 0. The highest BCUT2D eigenvalue weighted by molar-refractivity contribution is 7.99. The Balaban J connectivity index is 2.05. The fourth-order valence-corrected chi connectivity index (χ4v) is 2.87. The molecule has 1 rings (SSSR count). The van der Waals surface area contributed by atoms with Gasteiger partial charge in [0.1, 0.15) is 0 Å². The molecule has 0 bridgehead atoms. The zero-order chi connectivity index (χ0) is 8.81. The second-order valence-corrected chi connectivity index (χ2v) is 5.05. The second kappa shape index (κ2) is 5.87. The van der Waals surface area contributed by atoms with Crippen molar-refractivity contribution >= 4 is 11.8 Å². The van der Waals surface area contributed by atoms with Crippen LogP contribution < -0.4 is 5.32 Å². The summed E-state index contributed by atoms with van der Waals surface area (Å²) in [5, 5.41) is 3.30. The van der Waals surface area contributed by atoms with Crippen molar-refractivity contribution in [2.45, 2.75) is 38.6 Å². The van der Waals surface area contributed by atoms with Gasteiger partial charge in [-0.25, -0.2) is 0 Å². The lowest BCUT2D eigenvalue weighted by molar-refractivity contribution is 0.405. The third-order valence-electron chi connectivity index (χ3n) is 2.84. The van der Waals surface area contributed by atoms with Gasteiger partial charge in [0.25, 0.3) is 0 Å². The summed E-state index contributed by atoms with van der Waals surface area (Å²) in [5.74, 6) is 3.83. The van der Waals surface area contributed by atoms with Crippen LogP contribution in [0.3, 0.4) is 0 Å². The maximum Gasteiger partial charge on any atom is 0.00358 e. The predicted octanol–water partition coefficient (Wildman–Crippen LogP) is 2.52. The molecule has 1 aliphatic rings. The van der Waals surface area contributed by atoms with Crippen LogP contribution in [0.2, 0.25) is 0 Å². The number of hydrogen-bond acceptors (Lipinski definition) is 2. The largest absolute Gasteiger partial charge is 0.317 e. The van der Waals surface area contributed by atoms with Crippen molar-refractivity contribution in [1.82, 2.24) is 5.32 Å². The fraction of sp³-hybridized carbons (Fsp3) is 1.00. The van der Waals surface area contributed by atoms with Crippen LogP contribution in [-0.2, 0) is 0 Å². The summed E-state index contributed by atoms with van der Waals surface area (Å²) >= 11 is 2.12. The first kappa shape index (κ1) is 10.4. The van der Waals surface area contributed by atoms with Gasteiger partial charge in [0.05, 0.1) is 0 Å². The first-order valence-corrected chi connectivity index (χ1v) is 6.23. The molecule has 1 nitrogen and oxygen atoms in total. The lowest BCUT2D eigenvalue weighted by Gasteiger charge is -2.22. The molecule has 0 spiro atoms. The second-order valence-electron chi connectivity index (χ2n) is 3.82.